The molecule has 2 aliphatic rings. The molecule has 0 spiro atoms. The molecule has 0 radical (unpaired) electrons. The van der Waals surface area contributed by atoms with E-state index in [0.717, 1.165) is 25.7 Å². The number of benzene rings is 1. The second-order valence-electron chi connectivity index (χ2n) is 6.46. The molecule has 3 heteroatoms. The minimum Gasteiger partial charge on any atom is -0.350 e. The molecule has 3 atom stereocenters. The SMILES string of the molecule is CN1CC(C=O)CC2c3cccc4c3c(cn4C)CC21. The van der Waals surface area contributed by atoms with Gasteiger partial charge in [-0.05, 0) is 37.1 Å². The molecule has 1 aliphatic carbocycles. The number of nitrogens with zero attached hydrogens (tertiary/aromatic N) is 2. The third-order valence-electron chi connectivity index (χ3n) is 5.26. The molecule has 3 nitrogen and oxygen atoms in total. The molecular formula is C17H20N2O. The number of hydrogen-bond donors (Lipinski definition) is 0. The Bertz CT molecular complexity index is 688. The third-order valence-corrected chi connectivity index (χ3v) is 5.26. The van der Waals surface area contributed by atoms with E-state index in [0.29, 0.717) is 12.0 Å². The second-order valence-corrected chi connectivity index (χ2v) is 6.46. The van der Waals surface area contributed by atoms with E-state index in [9.17, 15) is 4.79 Å². The zero-order valence-electron chi connectivity index (χ0n) is 12.0. The van der Waals surface area contributed by atoms with Crippen LogP contribution in [0.25, 0.3) is 10.9 Å². The van der Waals surface area contributed by atoms with Crippen LogP contribution in [0, 0.1) is 5.92 Å². The summed E-state index contributed by atoms with van der Waals surface area (Å²) in [6, 6.07) is 7.18. The molecule has 1 aliphatic heterocycles. The largest absolute Gasteiger partial charge is 0.350 e. The zero-order chi connectivity index (χ0) is 13.9. The number of aldehydes is 1. The molecule has 1 aromatic heterocycles. The first-order chi connectivity index (χ1) is 9.69. The standard InChI is InChI=1S/C17H20N2O/c1-18-8-11(10-20)6-14-13-4-3-5-15-17(13)12(7-16(14)18)9-19(15)2/h3-5,9-11,14,16H,6-8H2,1-2H3. The van der Waals surface area contributed by atoms with Gasteiger partial charge in [-0.25, -0.2) is 0 Å². The maximum atomic E-state index is 11.2. The lowest BCUT2D eigenvalue weighted by molar-refractivity contribution is -0.113. The van der Waals surface area contributed by atoms with E-state index >= 15 is 0 Å². The Morgan fingerprint density at radius 2 is 2.15 bits per heavy atom. The maximum absolute atomic E-state index is 11.2. The summed E-state index contributed by atoms with van der Waals surface area (Å²) in [5, 5.41) is 1.44. The lowest BCUT2D eigenvalue weighted by Gasteiger charge is -2.44. The summed E-state index contributed by atoms with van der Waals surface area (Å²) in [4.78, 5) is 13.6. The fraction of sp³-hybridized carbons (Fsp3) is 0.471. The number of likely N-dealkylation sites (N-methyl/N-ethyl adjacent to an activating group) is 1. The van der Waals surface area contributed by atoms with Gasteiger partial charge in [-0.2, -0.15) is 0 Å². The fourth-order valence-corrected chi connectivity index (χ4v) is 4.36. The highest BCUT2D eigenvalue weighted by atomic mass is 16.1. The summed E-state index contributed by atoms with van der Waals surface area (Å²) >= 11 is 0. The summed E-state index contributed by atoms with van der Waals surface area (Å²) in [6.45, 7) is 0.906. The Kier molecular flexibility index (Phi) is 2.55. The molecule has 4 rings (SSSR count). The van der Waals surface area contributed by atoms with Crippen molar-refractivity contribution in [3.63, 3.8) is 0 Å². The molecule has 3 unspecified atom stereocenters. The first-order valence-electron chi connectivity index (χ1n) is 7.41. The Hall–Kier alpha value is -1.61. The van der Waals surface area contributed by atoms with Crippen molar-refractivity contribution in [1.82, 2.24) is 9.47 Å². The molecule has 2 heterocycles. The topological polar surface area (TPSA) is 25.2 Å². The fourth-order valence-electron chi connectivity index (χ4n) is 4.36. The van der Waals surface area contributed by atoms with Gasteiger partial charge in [0.2, 0.25) is 0 Å². The molecule has 20 heavy (non-hydrogen) atoms. The average Bonchev–Trinajstić information content (AvgIpc) is 2.78. The van der Waals surface area contributed by atoms with Crippen LogP contribution in [0.1, 0.15) is 23.5 Å². The van der Waals surface area contributed by atoms with Crippen LogP contribution < -0.4 is 0 Å². The number of hydrogen-bond acceptors (Lipinski definition) is 2. The highest BCUT2D eigenvalue weighted by Crippen LogP contribution is 2.44. The number of aryl methyl sites for hydroxylation is 1. The van der Waals surface area contributed by atoms with Gasteiger partial charge in [-0.1, -0.05) is 12.1 Å². The van der Waals surface area contributed by atoms with E-state index < -0.39 is 0 Å². The van der Waals surface area contributed by atoms with Crippen molar-refractivity contribution < 1.29 is 4.79 Å². The highest BCUT2D eigenvalue weighted by molar-refractivity contribution is 5.89. The van der Waals surface area contributed by atoms with Crippen LogP contribution in [-0.4, -0.2) is 35.4 Å². The average molecular weight is 268 g/mol. The minimum absolute atomic E-state index is 0.182. The second kappa shape index (κ2) is 4.19. The molecule has 0 bridgehead atoms. The number of carbonyl (C=O) groups excluding carboxylic acids is 1. The van der Waals surface area contributed by atoms with E-state index in [2.05, 4.69) is 48.0 Å². The molecular weight excluding hydrogens is 248 g/mol. The van der Waals surface area contributed by atoms with Crippen molar-refractivity contribution >= 4 is 17.2 Å². The van der Waals surface area contributed by atoms with Gasteiger partial charge in [0.15, 0.2) is 0 Å². The van der Waals surface area contributed by atoms with Crippen LogP contribution in [-0.2, 0) is 18.3 Å². The van der Waals surface area contributed by atoms with Crippen LogP contribution >= 0.6 is 0 Å². The Labute approximate surface area is 119 Å². The van der Waals surface area contributed by atoms with Crippen molar-refractivity contribution in [3.8, 4) is 0 Å². The van der Waals surface area contributed by atoms with Crippen LogP contribution in [0.4, 0.5) is 0 Å². The Morgan fingerprint density at radius 1 is 1.30 bits per heavy atom. The van der Waals surface area contributed by atoms with Crippen molar-refractivity contribution in [2.45, 2.75) is 24.8 Å². The van der Waals surface area contributed by atoms with Gasteiger partial charge in [-0.15, -0.1) is 0 Å². The highest BCUT2D eigenvalue weighted by Gasteiger charge is 2.39. The molecule has 1 saturated heterocycles. The van der Waals surface area contributed by atoms with E-state index in [1.165, 1.54) is 22.0 Å². The van der Waals surface area contributed by atoms with Crippen molar-refractivity contribution in [2.24, 2.45) is 13.0 Å². The molecule has 104 valence electrons. The molecule has 0 amide bonds. The quantitative estimate of drug-likeness (QED) is 0.742. The minimum atomic E-state index is 0.182. The monoisotopic (exact) mass is 268 g/mol. The van der Waals surface area contributed by atoms with Crippen molar-refractivity contribution in [3.05, 3.63) is 35.5 Å². The van der Waals surface area contributed by atoms with Gasteiger partial charge in [0.1, 0.15) is 6.29 Å². The predicted molar refractivity (Wildman–Crippen MR) is 80.0 cm³/mol. The summed E-state index contributed by atoms with van der Waals surface area (Å²) in [5.74, 6) is 0.685. The predicted octanol–water partition coefficient (Wildman–Crippen LogP) is 2.34. The van der Waals surface area contributed by atoms with Gasteiger partial charge >= 0.3 is 0 Å². The smallest absolute Gasteiger partial charge is 0.124 e. The van der Waals surface area contributed by atoms with Crippen LogP contribution in [0.3, 0.4) is 0 Å². The number of aromatic nitrogens is 1. The Balaban J connectivity index is 1.91. The molecule has 0 N–H and O–H groups in total. The van der Waals surface area contributed by atoms with E-state index in [1.807, 2.05) is 0 Å². The number of rotatable bonds is 1. The van der Waals surface area contributed by atoms with Crippen molar-refractivity contribution in [2.75, 3.05) is 13.6 Å². The first kappa shape index (κ1) is 12.2. The summed E-state index contributed by atoms with van der Waals surface area (Å²) in [6.07, 6.45) is 5.55. The number of likely N-dealkylation sites (tertiary alicyclic amines) is 1. The normalized spacial score (nSPS) is 29.4. The van der Waals surface area contributed by atoms with Gasteiger partial charge < -0.3 is 14.3 Å². The van der Waals surface area contributed by atoms with Crippen LogP contribution in [0.15, 0.2) is 24.4 Å². The lowest BCUT2D eigenvalue weighted by Crippen LogP contribution is -2.48. The van der Waals surface area contributed by atoms with Gasteiger partial charge in [-0.3, -0.25) is 0 Å². The molecule has 2 aromatic rings. The lowest BCUT2D eigenvalue weighted by atomic mass is 9.73. The number of fused-ring (bicyclic) bond motifs is 2. The van der Waals surface area contributed by atoms with Crippen LogP contribution in [0.2, 0.25) is 0 Å². The number of piperidine rings is 1. The van der Waals surface area contributed by atoms with E-state index in [-0.39, 0.29) is 5.92 Å². The summed E-state index contributed by atoms with van der Waals surface area (Å²) < 4.78 is 2.24. The molecule has 1 aromatic carbocycles. The summed E-state index contributed by atoms with van der Waals surface area (Å²) in [7, 11) is 4.30. The maximum Gasteiger partial charge on any atom is 0.124 e. The third kappa shape index (κ3) is 1.53. The Morgan fingerprint density at radius 3 is 2.95 bits per heavy atom. The molecule has 1 fully saturated rings. The molecule has 0 saturated carbocycles. The van der Waals surface area contributed by atoms with Crippen LogP contribution in [0.5, 0.6) is 0 Å². The van der Waals surface area contributed by atoms with Crippen molar-refractivity contribution in [1.29, 1.82) is 0 Å². The van der Waals surface area contributed by atoms with Gasteiger partial charge in [0.25, 0.3) is 0 Å². The summed E-state index contributed by atoms with van der Waals surface area (Å²) in [5.41, 5.74) is 4.25. The van der Waals surface area contributed by atoms with E-state index in [1.54, 1.807) is 0 Å². The first-order valence-corrected chi connectivity index (χ1v) is 7.41. The zero-order valence-corrected chi connectivity index (χ0v) is 12.0. The number of carbonyl (C=O) groups is 1. The van der Waals surface area contributed by atoms with E-state index in [4.69, 9.17) is 0 Å². The van der Waals surface area contributed by atoms with Gasteiger partial charge in [0, 0.05) is 48.6 Å². The van der Waals surface area contributed by atoms with Gasteiger partial charge in [0.05, 0.1) is 0 Å².